The molecule has 2 nitrogen and oxygen atoms in total. The molecule has 0 saturated carbocycles. The number of rotatable bonds is 4. The smallest absolute Gasteiger partial charge is 0.118 e. The molecular weight excluding hydrogens is 258 g/mol. The first-order valence-corrected chi connectivity index (χ1v) is 7.12. The van der Waals surface area contributed by atoms with E-state index in [1.165, 1.54) is 22.4 Å². The van der Waals surface area contributed by atoms with Gasteiger partial charge in [-0.2, -0.15) is 0 Å². The Morgan fingerprint density at radius 1 is 0.905 bits per heavy atom. The van der Waals surface area contributed by atoms with Crippen molar-refractivity contribution in [3.63, 3.8) is 0 Å². The van der Waals surface area contributed by atoms with Gasteiger partial charge in [-0.25, -0.2) is 0 Å². The van der Waals surface area contributed by atoms with Crippen molar-refractivity contribution in [1.29, 1.82) is 0 Å². The summed E-state index contributed by atoms with van der Waals surface area (Å²) in [5.41, 5.74) is 5.11. The van der Waals surface area contributed by atoms with Gasteiger partial charge in [0.05, 0.1) is 12.8 Å². The lowest BCUT2D eigenvalue weighted by Crippen LogP contribution is -2.01. The molecule has 2 heteroatoms. The van der Waals surface area contributed by atoms with E-state index in [1.807, 2.05) is 12.1 Å². The van der Waals surface area contributed by atoms with Gasteiger partial charge in [0.2, 0.25) is 0 Å². The van der Waals surface area contributed by atoms with E-state index in [4.69, 9.17) is 4.74 Å². The molecule has 0 bridgehead atoms. The predicted octanol–water partition coefficient (Wildman–Crippen LogP) is 4.52. The topological polar surface area (TPSA) is 14.2 Å². The van der Waals surface area contributed by atoms with Crippen LogP contribution in [-0.4, -0.2) is 11.7 Å². The minimum atomic E-state index is 0.863. The molecule has 0 radical (unpaired) electrons. The lowest BCUT2D eigenvalue weighted by molar-refractivity contribution is 0.414. The first kappa shape index (κ1) is 13.5. The molecule has 3 rings (SSSR count). The fourth-order valence-electron chi connectivity index (χ4n) is 2.63. The Balaban J connectivity index is 1.92. The molecule has 0 N–H and O–H groups in total. The summed E-state index contributed by atoms with van der Waals surface area (Å²) < 4.78 is 7.51. The van der Waals surface area contributed by atoms with E-state index in [1.54, 1.807) is 7.11 Å². The number of benzene rings is 2. The molecule has 0 aliphatic rings. The first-order valence-electron chi connectivity index (χ1n) is 7.12. The van der Waals surface area contributed by atoms with Crippen molar-refractivity contribution in [2.75, 3.05) is 7.11 Å². The summed E-state index contributed by atoms with van der Waals surface area (Å²) >= 11 is 0. The Kier molecular flexibility index (Phi) is 3.78. The van der Waals surface area contributed by atoms with E-state index in [0.29, 0.717) is 0 Å². The third-order valence-corrected chi connectivity index (χ3v) is 3.72. The molecule has 0 amide bonds. The van der Waals surface area contributed by atoms with Crippen molar-refractivity contribution in [3.05, 3.63) is 78.0 Å². The van der Waals surface area contributed by atoms with Gasteiger partial charge in [0, 0.05) is 12.7 Å². The summed E-state index contributed by atoms with van der Waals surface area (Å²) in [5.74, 6) is 0.894. The number of methoxy groups -OCH3 is 1. The van der Waals surface area contributed by atoms with E-state index in [-0.39, 0.29) is 0 Å². The normalized spacial score (nSPS) is 10.6. The summed E-state index contributed by atoms with van der Waals surface area (Å²) in [5, 5.41) is 0. The van der Waals surface area contributed by atoms with Crippen LogP contribution in [0.15, 0.2) is 66.9 Å². The van der Waals surface area contributed by atoms with Crippen LogP contribution in [0, 0.1) is 6.92 Å². The fraction of sp³-hybridized carbons (Fsp3) is 0.158. The van der Waals surface area contributed by atoms with Crippen molar-refractivity contribution in [2.24, 2.45) is 0 Å². The summed E-state index contributed by atoms with van der Waals surface area (Å²) in [6.45, 7) is 3.02. The summed E-state index contributed by atoms with van der Waals surface area (Å²) in [6.07, 6.45) is 2.15. The molecule has 21 heavy (non-hydrogen) atoms. The Bertz CT molecular complexity index is 711. The van der Waals surface area contributed by atoms with Crippen molar-refractivity contribution in [2.45, 2.75) is 13.5 Å². The van der Waals surface area contributed by atoms with Crippen molar-refractivity contribution in [1.82, 2.24) is 4.57 Å². The van der Waals surface area contributed by atoms with E-state index in [2.05, 4.69) is 66.2 Å². The molecule has 3 aromatic rings. The van der Waals surface area contributed by atoms with Crippen LogP contribution in [0.5, 0.6) is 5.75 Å². The van der Waals surface area contributed by atoms with Gasteiger partial charge >= 0.3 is 0 Å². The Morgan fingerprint density at radius 3 is 2.29 bits per heavy atom. The Morgan fingerprint density at radius 2 is 1.62 bits per heavy atom. The molecule has 2 aromatic carbocycles. The highest BCUT2D eigenvalue weighted by Crippen LogP contribution is 2.25. The van der Waals surface area contributed by atoms with Gasteiger partial charge in [-0.1, -0.05) is 42.5 Å². The summed E-state index contributed by atoms with van der Waals surface area (Å²) in [4.78, 5) is 0. The zero-order valence-electron chi connectivity index (χ0n) is 12.4. The molecule has 1 heterocycles. The largest absolute Gasteiger partial charge is 0.497 e. The number of ether oxygens (including phenoxy) is 1. The SMILES string of the molecule is COc1ccc(Cn2ccc(C)c2-c2ccccc2)cc1. The van der Waals surface area contributed by atoms with Crippen LogP contribution in [0.4, 0.5) is 0 Å². The van der Waals surface area contributed by atoms with Gasteiger partial charge in [0.1, 0.15) is 5.75 Å². The standard InChI is InChI=1S/C19H19NO/c1-15-12-13-20(19(15)17-6-4-3-5-7-17)14-16-8-10-18(21-2)11-9-16/h3-13H,14H2,1-2H3. The number of nitrogens with zero attached hydrogens (tertiary/aromatic N) is 1. The third-order valence-electron chi connectivity index (χ3n) is 3.72. The molecule has 106 valence electrons. The average Bonchev–Trinajstić information content (AvgIpc) is 2.89. The Labute approximate surface area is 125 Å². The highest BCUT2D eigenvalue weighted by molar-refractivity contribution is 5.64. The zero-order valence-corrected chi connectivity index (χ0v) is 12.4. The second-order valence-corrected chi connectivity index (χ2v) is 5.19. The Hall–Kier alpha value is -2.48. The van der Waals surface area contributed by atoms with Crippen LogP contribution < -0.4 is 4.74 Å². The molecule has 0 unspecified atom stereocenters. The van der Waals surface area contributed by atoms with Crippen LogP contribution >= 0.6 is 0 Å². The van der Waals surface area contributed by atoms with Crippen LogP contribution in [0.3, 0.4) is 0 Å². The molecule has 0 fully saturated rings. The number of aryl methyl sites for hydroxylation is 1. The highest BCUT2D eigenvalue weighted by Gasteiger charge is 2.08. The summed E-state index contributed by atoms with van der Waals surface area (Å²) in [7, 11) is 1.69. The van der Waals surface area contributed by atoms with Gasteiger partial charge in [-0.05, 0) is 41.8 Å². The van der Waals surface area contributed by atoms with Gasteiger partial charge < -0.3 is 9.30 Å². The average molecular weight is 277 g/mol. The molecule has 0 saturated heterocycles. The van der Waals surface area contributed by atoms with E-state index >= 15 is 0 Å². The maximum atomic E-state index is 5.21. The van der Waals surface area contributed by atoms with Crippen LogP contribution in [-0.2, 0) is 6.54 Å². The third kappa shape index (κ3) is 2.84. The maximum Gasteiger partial charge on any atom is 0.118 e. The van der Waals surface area contributed by atoms with Crippen LogP contribution in [0.25, 0.3) is 11.3 Å². The lowest BCUT2D eigenvalue weighted by Gasteiger charge is -2.11. The second kappa shape index (κ2) is 5.88. The van der Waals surface area contributed by atoms with Crippen LogP contribution in [0.1, 0.15) is 11.1 Å². The van der Waals surface area contributed by atoms with Gasteiger partial charge in [-0.15, -0.1) is 0 Å². The van der Waals surface area contributed by atoms with E-state index in [0.717, 1.165) is 12.3 Å². The van der Waals surface area contributed by atoms with E-state index < -0.39 is 0 Å². The van der Waals surface area contributed by atoms with Crippen LogP contribution in [0.2, 0.25) is 0 Å². The van der Waals surface area contributed by atoms with Crippen molar-refractivity contribution in [3.8, 4) is 17.0 Å². The van der Waals surface area contributed by atoms with Gasteiger partial charge in [-0.3, -0.25) is 0 Å². The van der Waals surface area contributed by atoms with E-state index in [9.17, 15) is 0 Å². The fourth-order valence-corrected chi connectivity index (χ4v) is 2.63. The number of hydrogen-bond donors (Lipinski definition) is 0. The second-order valence-electron chi connectivity index (χ2n) is 5.19. The zero-order chi connectivity index (χ0) is 14.7. The van der Waals surface area contributed by atoms with Gasteiger partial charge in [0.25, 0.3) is 0 Å². The number of aromatic nitrogens is 1. The molecule has 0 aliphatic carbocycles. The summed E-state index contributed by atoms with van der Waals surface area (Å²) in [6, 6.07) is 21.0. The van der Waals surface area contributed by atoms with Crippen molar-refractivity contribution < 1.29 is 4.74 Å². The number of hydrogen-bond acceptors (Lipinski definition) is 1. The van der Waals surface area contributed by atoms with Gasteiger partial charge in [0.15, 0.2) is 0 Å². The minimum absolute atomic E-state index is 0.863. The molecular formula is C19H19NO. The molecule has 1 aromatic heterocycles. The molecule has 0 aliphatic heterocycles. The lowest BCUT2D eigenvalue weighted by atomic mass is 10.1. The minimum Gasteiger partial charge on any atom is -0.497 e. The van der Waals surface area contributed by atoms with Crippen molar-refractivity contribution >= 4 is 0 Å². The predicted molar refractivity (Wildman–Crippen MR) is 86.7 cm³/mol. The monoisotopic (exact) mass is 277 g/mol. The first-order chi connectivity index (χ1) is 10.3. The molecule has 0 spiro atoms. The highest BCUT2D eigenvalue weighted by atomic mass is 16.5. The quantitative estimate of drug-likeness (QED) is 0.684. The molecule has 0 atom stereocenters. The maximum absolute atomic E-state index is 5.21.